The summed E-state index contributed by atoms with van der Waals surface area (Å²) in [6.07, 6.45) is 8.82. The van der Waals surface area contributed by atoms with E-state index < -0.39 is 0 Å². The molecule has 0 spiro atoms. The highest BCUT2D eigenvalue weighted by Gasteiger charge is 2.56. The lowest BCUT2D eigenvalue weighted by atomic mass is 10.0. The first-order valence-corrected chi connectivity index (χ1v) is 8.34. The molecule has 0 radical (unpaired) electrons. The van der Waals surface area contributed by atoms with Gasteiger partial charge in [0.05, 0.1) is 0 Å². The van der Waals surface area contributed by atoms with E-state index in [1.54, 1.807) is 0 Å². The summed E-state index contributed by atoms with van der Waals surface area (Å²) in [5.74, 6) is 2.39. The Morgan fingerprint density at radius 3 is 2.47 bits per heavy atom. The van der Waals surface area contributed by atoms with Gasteiger partial charge in [0.25, 0.3) is 0 Å². The van der Waals surface area contributed by atoms with Crippen molar-refractivity contribution in [1.82, 2.24) is 10.2 Å². The number of fused-ring (bicyclic) bond motifs is 1. The molecule has 3 heteroatoms. The number of hydrogen-bond donors (Lipinski definition) is 1. The fourth-order valence-corrected chi connectivity index (χ4v) is 4.36. The summed E-state index contributed by atoms with van der Waals surface area (Å²) >= 11 is 0. The van der Waals surface area contributed by atoms with Crippen LogP contribution in [0.2, 0.25) is 0 Å². The SMILES string of the molecule is CCCN(C(=O)C1C2CCCCC21)C1CCCNC1. The summed E-state index contributed by atoms with van der Waals surface area (Å²) in [6.45, 7) is 5.28. The average molecular weight is 264 g/mol. The smallest absolute Gasteiger partial charge is 0.226 e. The van der Waals surface area contributed by atoms with Gasteiger partial charge in [-0.25, -0.2) is 0 Å². The number of carbonyl (C=O) groups is 1. The molecule has 3 rings (SSSR count). The first-order chi connectivity index (χ1) is 9.33. The Balaban J connectivity index is 1.64. The van der Waals surface area contributed by atoms with Gasteiger partial charge < -0.3 is 10.2 Å². The van der Waals surface area contributed by atoms with Crippen LogP contribution < -0.4 is 5.32 Å². The molecule has 3 nitrogen and oxygen atoms in total. The molecule has 1 heterocycles. The van der Waals surface area contributed by atoms with Crippen molar-refractivity contribution >= 4 is 5.91 Å². The fourth-order valence-electron chi connectivity index (χ4n) is 4.36. The minimum Gasteiger partial charge on any atom is -0.338 e. The van der Waals surface area contributed by atoms with E-state index in [-0.39, 0.29) is 0 Å². The first kappa shape index (κ1) is 13.4. The number of piperidine rings is 1. The number of hydrogen-bond acceptors (Lipinski definition) is 2. The van der Waals surface area contributed by atoms with Gasteiger partial charge >= 0.3 is 0 Å². The minimum absolute atomic E-state index is 0.399. The van der Waals surface area contributed by atoms with Crippen molar-refractivity contribution < 1.29 is 4.79 Å². The molecule has 2 aliphatic carbocycles. The molecule has 0 aromatic heterocycles. The Morgan fingerprint density at radius 2 is 1.89 bits per heavy atom. The van der Waals surface area contributed by atoms with Crippen LogP contribution in [0.1, 0.15) is 51.9 Å². The number of nitrogens with zero attached hydrogens (tertiary/aromatic N) is 1. The Hall–Kier alpha value is -0.570. The van der Waals surface area contributed by atoms with Gasteiger partial charge in [-0.2, -0.15) is 0 Å². The highest BCUT2D eigenvalue weighted by atomic mass is 16.2. The number of rotatable bonds is 4. The summed E-state index contributed by atoms with van der Waals surface area (Å²) in [5, 5.41) is 3.46. The molecular formula is C16H28N2O. The van der Waals surface area contributed by atoms with Crippen LogP contribution in [0.4, 0.5) is 0 Å². The highest BCUT2D eigenvalue weighted by molar-refractivity contribution is 5.82. The third kappa shape index (κ3) is 2.67. The quantitative estimate of drug-likeness (QED) is 0.845. The van der Waals surface area contributed by atoms with Crippen LogP contribution in [0.5, 0.6) is 0 Å². The van der Waals surface area contributed by atoms with E-state index in [0.717, 1.165) is 37.9 Å². The maximum atomic E-state index is 12.9. The predicted octanol–water partition coefficient (Wildman–Crippen LogP) is 2.41. The van der Waals surface area contributed by atoms with Crippen LogP contribution in [0.25, 0.3) is 0 Å². The molecule has 3 unspecified atom stereocenters. The van der Waals surface area contributed by atoms with Crippen molar-refractivity contribution in [1.29, 1.82) is 0 Å². The molecule has 1 N–H and O–H groups in total. The van der Waals surface area contributed by atoms with E-state index in [1.807, 2.05) is 0 Å². The normalized spacial score (nSPS) is 37.5. The first-order valence-electron chi connectivity index (χ1n) is 8.34. The molecule has 1 aliphatic heterocycles. The van der Waals surface area contributed by atoms with Crippen LogP contribution in [-0.2, 0) is 4.79 Å². The van der Waals surface area contributed by atoms with Gasteiger partial charge in [0.1, 0.15) is 0 Å². The molecule has 19 heavy (non-hydrogen) atoms. The summed E-state index contributed by atoms with van der Waals surface area (Å²) in [5.41, 5.74) is 0. The Bertz CT molecular complexity index is 313. The Morgan fingerprint density at radius 1 is 1.16 bits per heavy atom. The lowest BCUT2D eigenvalue weighted by Crippen LogP contribution is -2.49. The van der Waals surface area contributed by atoms with Gasteiger partial charge in [0.2, 0.25) is 5.91 Å². The van der Waals surface area contributed by atoms with Crippen LogP contribution in [-0.4, -0.2) is 36.5 Å². The molecule has 3 atom stereocenters. The van der Waals surface area contributed by atoms with E-state index >= 15 is 0 Å². The van der Waals surface area contributed by atoms with Crippen molar-refractivity contribution in [3.8, 4) is 0 Å². The molecule has 0 aromatic carbocycles. The van der Waals surface area contributed by atoms with Gasteiger partial charge in [0.15, 0.2) is 0 Å². The maximum Gasteiger partial charge on any atom is 0.226 e. The molecule has 2 saturated carbocycles. The van der Waals surface area contributed by atoms with Crippen LogP contribution in [0.3, 0.4) is 0 Å². The minimum atomic E-state index is 0.399. The van der Waals surface area contributed by atoms with E-state index in [4.69, 9.17) is 0 Å². The summed E-state index contributed by atoms with van der Waals surface area (Å²) < 4.78 is 0. The number of nitrogens with one attached hydrogen (secondary N) is 1. The Kier molecular flexibility index (Phi) is 4.11. The molecule has 1 amide bonds. The van der Waals surface area contributed by atoms with Crippen molar-refractivity contribution in [2.75, 3.05) is 19.6 Å². The van der Waals surface area contributed by atoms with Crippen molar-refractivity contribution in [3.63, 3.8) is 0 Å². The second kappa shape index (κ2) is 5.82. The van der Waals surface area contributed by atoms with Gasteiger partial charge in [-0.15, -0.1) is 0 Å². The zero-order chi connectivity index (χ0) is 13.2. The molecule has 3 fully saturated rings. The molecular weight excluding hydrogens is 236 g/mol. The Labute approximate surface area is 117 Å². The molecule has 3 aliphatic rings. The average Bonchev–Trinajstić information content (AvgIpc) is 3.19. The van der Waals surface area contributed by atoms with Gasteiger partial charge in [-0.05, 0) is 50.5 Å². The van der Waals surface area contributed by atoms with E-state index in [9.17, 15) is 4.79 Å². The molecule has 1 saturated heterocycles. The fraction of sp³-hybridized carbons (Fsp3) is 0.938. The van der Waals surface area contributed by atoms with Crippen molar-refractivity contribution in [3.05, 3.63) is 0 Å². The van der Waals surface area contributed by atoms with Gasteiger partial charge in [-0.1, -0.05) is 19.8 Å². The predicted molar refractivity (Wildman–Crippen MR) is 76.8 cm³/mol. The zero-order valence-electron chi connectivity index (χ0n) is 12.2. The largest absolute Gasteiger partial charge is 0.338 e. The maximum absolute atomic E-state index is 12.9. The number of carbonyl (C=O) groups excluding carboxylic acids is 1. The molecule has 108 valence electrons. The highest BCUT2D eigenvalue weighted by Crippen LogP contribution is 2.56. The van der Waals surface area contributed by atoms with E-state index in [2.05, 4.69) is 17.1 Å². The monoisotopic (exact) mass is 264 g/mol. The van der Waals surface area contributed by atoms with Gasteiger partial charge in [0, 0.05) is 25.0 Å². The van der Waals surface area contributed by atoms with Crippen LogP contribution in [0.15, 0.2) is 0 Å². The topological polar surface area (TPSA) is 32.3 Å². The van der Waals surface area contributed by atoms with Crippen LogP contribution in [0, 0.1) is 17.8 Å². The van der Waals surface area contributed by atoms with Crippen molar-refractivity contribution in [2.24, 2.45) is 17.8 Å². The molecule has 0 aromatic rings. The number of amides is 1. The third-order valence-electron chi connectivity index (χ3n) is 5.40. The standard InChI is InChI=1S/C16H28N2O/c1-2-10-18(12-6-5-9-17-11-12)16(19)15-13-7-3-4-8-14(13)15/h12-15,17H,2-11H2,1H3. The van der Waals surface area contributed by atoms with Crippen LogP contribution >= 0.6 is 0 Å². The summed E-state index contributed by atoms with van der Waals surface area (Å²) in [7, 11) is 0. The van der Waals surface area contributed by atoms with Crippen molar-refractivity contribution in [2.45, 2.75) is 57.9 Å². The van der Waals surface area contributed by atoms with E-state index in [0.29, 0.717) is 17.9 Å². The van der Waals surface area contributed by atoms with E-state index in [1.165, 1.54) is 38.5 Å². The zero-order valence-corrected chi connectivity index (χ0v) is 12.2. The lowest BCUT2D eigenvalue weighted by molar-refractivity contribution is -0.136. The second-order valence-electron chi connectivity index (χ2n) is 6.67. The lowest BCUT2D eigenvalue weighted by Gasteiger charge is -2.35. The summed E-state index contributed by atoms with van der Waals surface area (Å²) in [4.78, 5) is 15.1. The summed E-state index contributed by atoms with van der Waals surface area (Å²) in [6, 6.07) is 0.462. The third-order valence-corrected chi connectivity index (χ3v) is 5.40. The molecule has 0 bridgehead atoms. The second-order valence-corrected chi connectivity index (χ2v) is 6.67. The van der Waals surface area contributed by atoms with Gasteiger partial charge in [-0.3, -0.25) is 4.79 Å².